The van der Waals surface area contributed by atoms with Gasteiger partial charge in [-0.3, -0.25) is 9.79 Å². The minimum atomic E-state index is -2.95. The molecule has 0 aliphatic carbocycles. The molecule has 1 aliphatic rings. The predicted octanol–water partition coefficient (Wildman–Crippen LogP) is 1.23. The quantitative estimate of drug-likeness (QED) is 0.319. The number of nitrogens with two attached hydrogens (primary N) is 1. The van der Waals surface area contributed by atoms with Crippen molar-refractivity contribution in [2.45, 2.75) is 39.5 Å². The van der Waals surface area contributed by atoms with E-state index in [-0.39, 0.29) is 47.0 Å². The summed E-state index contributed by atoms with van der Waals surface area (Å²) in [6.07, 6.45) is 4.29. The van der Waals surface area contributed by atoms with Crippen LogP contribution in [0.4, 0.5) is 0 Å². The molecule has 3 N–H and O–H groups in total. The number of piperidine rings is 1. The van der Waals surface area contributed by atoms with Gasteiger partial charge in [0.15, 0.2) is 5.96 Å². The summed E-state index contributed by atoms with van der Waals surface area (Å²) in [5.41, 5.74) is 5.16. The Labute approximate surface area is 169 Å². The van der Waals surface area contributed by atoms with Crippen molar-refractivity contribution in [2.24, 2.45) is 22.1 Å². The van der Waals surface area contributed by atoms with E-state index in [9.17, 15) is 13.2 Å². The summed E-state index contributed by atoms with van der Waals surface area (Å²) in [4.78, 5) is 17.6. The van der Waals surface area contributed by atoms with Crippen molar-refractivity contribution in [3.05, 3.63) is 0 Å². The maximum atomic E-state index is 11.4. The van der Waals surface area contributed by atoms with Crippen molar-refractivity contribution in [2.75, 3.05) is 38.7 Å². The summed E-state index contributed by atoms with van der Waals surface area (Å²) >= 11 is 0. The zero-order valence-electron chi connectivity index (χ0n) is 15.7. The highest BCUT2D eigenvalue weighted by atomic mass is 127. The van der Waals surface area contributed by atoms with E-state index < -0.39 is 9.84 Å². The number of sulfone groups is 1. The summed E-state index contributed by atoms with van der Waals surface area (Å²) < 4.78 is 22.7. The van der Waals surface area contributed by atoms with Crippen LogP contribution in [0.5, 0.6) is 0 Å². The molecule has 0 aromatic carbocycles. The summed E-state index contributed by atoms with van der Waals surface area (Å²) in [6, 6.07) is 0. The van der Waals surface area contributed by atoms with Gasteiger partial charge in [-0.15, -0.1) is 24.0 Å². The standard InChI is InChI=1S/C16H32N4O3S.HI/c1-16(2,7-9-24(4,22)23)12-19-15(18-3)20-8-5-6-13(11-20)10-14(17)21;/h13H,5-12H2,1-4H3,(H2,17,21)(H,18,19);1H. The van der Waals surface area contributed by atoms with Crippen LogP contribution in [0.25, 0.3) is 0 Å². The lowest BCUT2D eigenvalue weighted by Crippen LogP contribution is -2.49. The highest BCUT2D eigenvalue weighted by Crippen LogP contribution is 2.22. The van der Waals surface area contributed by atoms with Crippen LogP contribution in [0.2, 0.25) is 0 Å². The Morgan fingerprint density at radius 2 is 2.04 bits per heavy atom. The minimum Gasteiger partial charge on any atom is -0.370 e. The SMILES string of the molecule is CN=C(NCC(C)(C)CCS(C)(=O)=O)N1CCCC(CC(N)=O)C1.I. The molecule has 1 fully saturated rings. The lowest BCUT2D eigenvalue weighted by molar-refractivity contribution is -0.119. The number of likely N-dealkylation sites (tertiary alicyclic amines) is 1. The normalized spacial score (nSPS) is 19.3. The predicted molar refractivity (Wildman–Crippen MR) is 113 cm³/mol. The molecule has 0 spiro atoms. The molecular weight excluding hydrogens is 455 g/mol. The first-order chi connectivity index (χ1) is 11.0. The number of amides is 1. The van der Waals surface area contributed by atoms with E-state index >= 15 is 0 Å². The molecule has 7 nitrogen and oxygen atoms in total. The number of halogens is 1. The van der Waals surface area contributed by atoms with Gasteiger partial charge >= 0.3 is 0 Å². The van der Waals surface area contributed by atoms with Crippen molar-refractivity contribution >= 4 is 45.7 Å². The smallest absolute Gasteiger partial charge is 0.217 e. The van der Waals surface area contributed by atoms with E-state index in [2.05, 4.69) is 15.2 Å². The van der Waals surface area contributed by atoms with Crippen LogP contribution >= 0.6 is 24.0 Å². The molecule has 0 bridgehead atoms. The molecule has 9 heteroatoms. The van der Waals surface area contributed by atoms with Gasteiger partial charge in [0.25, 0.3) is 0 Å². The number of rotatable bonds is 7. The van der Waals surface area contributed by atoms with E-state index in [1.54, 1.807) is 7.05 Å². The van der Waals surface area contributed by atoms with Gasteiger partial charge in [0.05, 0.1) is 5.75 Å². The number of primary amides is 1. The van der Waals surface area contributed by atoms with Gasteiger partial charge in [0.2, 0.25) is 5.91 Å². The zero-order valence-corrected chi connectivity index (χ0v) is 18.9. The van der Waals surface area contributed by atoms with Crippen LogP contribution in [0, 0.1) is 11.3 Å². The van der Waals surface area contributed by atoms with Crippen LogP contribution < -0.4 is 11.1 Å². The molecule has 1 aliphatic heterocycles. The summed E-state index contributed by atoms with van der Waals surface area (Å²) in [7, 11) is -1.21. The molecule has 0 radical (unpaired) electrons. The fourth-order valence-corrected chi connectivity index (χ4v) is 3.83. The number of hydrogen-bond acceptors (Lipinski definition) is 4. The molecule has 1 saturated heterocycles. The fourth-order valence-electron chi connectivity index (χ4n) is 2.91. The Bertz CT molecular complexity index is 564. The lowest BCUT2D eigenvalue weighted by Gasteiger charge is -2.36. The van der Waals surface area contributed by atoms with E-state index in [0.29, 0.717) is 19.4 Å². The molecule has 1 unspecified atom stereocenters. The second-order valence-electron chi connectivity index (χ2n) is 7.57. The third kappa shape index (κ3) is 10.2. The first-order valence-corrected chi connectivity index (χ1v) is 10.5. The van der Waals surface area contributed by atoms with Gasteiger partial charge in [-0.25, -0.2) is 8.42 Å². The van der Waals surface area contributed by atoms with E-state index in [1.807, 2.05) is 13.8 Å². The lowest BCUT2D eigenvalue weighted by atomic mass is 9.90. The van der Waals surface area contributed by atoms with Crippen molar-refractivity contribution in [3.63, 3.8) is 0 Å². The maximum absolute atomic E-state index is 11.4. The number of carbonyl (C=O) groups is 1. The van der Waals surface area contributed by atoms with Crippen LogP contribution in [-0.2, 0) is 14.6 Å². The molecule has 0 aromatic rings. The summed E-state index contributed by atoms with van der Waals surface area (Å²) in [5, 5.41) is 3.35. The molecule has 25 heavy (non-hydrogen) atoms. The highest BCUT2D eigenvalue weighted by Gasteiger charge is 2.25. The van der Waals surface area contributed by atoms with E-state index in [1.165, 1.54) is 6.26 Å². The number of aliphatic imine (C=N–C) groups is 1. The Hall–Kier alpha value is -0.580. The highest BCUT2D eigenvalue weighted by molar-refractivity contribution is 14.0. The average molecular weight is 488 g/mol. The molecule has 0 saturated carbocycles. The van der Waals surface area contributed by atoms with Crippen molar-refractivity contribution in [1.82, 2.24) is 10.2 Å². The van der Waals surface area contributed by atoms with Gasteiger partial charge in [-0.05, 0) is 30.6 Å². The topological polar surface area (TPSA) is 105 Å². The largest absolute Gasteiger partial charge is 0.370 e. The van der Waals surface area contributed by atoms with Gasteiger partial charge in [-0.2, -0.15) is 0 Å². The van der Waals surface area contributed by atoms with E-state index in [4.69, 9.17) is 5.73 Å². The second kappa shape index (κ2) is 10.5. The molecular formula is C16H33IN4O3S. The monoisotopic (exact) mass is 488 g/mol. The summed E-state index contributed by atoms with van der Waals surface area (Å²) in [5.74, 6) is 1.00. The maximum Gasteiger partial charge on any atom is 0.217 e. The Balaban J connectivity index is 0.00000576. The van der Waals surface area contributed by atoms with Gasteiger partial charge in [0, 0.05) is 39.4 Å². The van der Waals surface area contributed by atoms with Crippen LogP contribution in [0.1, 0.15) is 39.5 Å². The number of guanidine groups is 1. The van der Waals surface area contributed by atoms with Crippen molar-refractivity contribution < 1.29 is 13.2 Å². The van der Waals surface area contributed by atoms with Crippen molar-refractivity contribution in [3.8, 4) is 0 Å². The minimum absolute atomic E-state index is 0. The van der Waals surface area contributed by atoms with Gasteiger partial charge in [-0.1, -0.05) is 13.8 Å². The Morgan fingerprint density at radius 3 is 2.56 bits per heavy atom. The fraction of sp³-hybridized carbons (Fsp3) is 0.875. The van der Waals surface area contributed by atoms with Crippen LogP contribution in [-0.4, -0.2) is 63.9 Å². The number of carbonyl (C=O) groups excluding carboxylic acids is 1. The third-order valence-electron chi connectivity index (χ3n) is 4.39. The third-order valence-corrected chi connectivity index (χ3v) is 5.34. The Morgan fingerprint density at radius 1 is 1.40 bits per heavy atom. The van der Waals surface area contributed by atoms with Crippen LogP contribution in [0.3, 0.4) is 0 Å². The second-order valence-corrected chi connectivity index (χ2v) is 9.83. The van der Waals surface area contributed by atoms with Crippen LogP contribution in [0.15, 0.2) is 4.99 Å². The first kappa shape index (κ1) is 24.4. The van der Waals surface area contributed by atoms with Gasteiger partial charge < -0.3 is 16.0 Å². The van der Waals surface area contributed by atoms with Gasteiger partial charge in [0.1, 0.15) is 9.84 Å². The molecule has 1 heterocycles. The number of nitrogens with zero attached hydrogens (tertiary/aromatic N) is 2. The molecule has 148 valence electrons. The molecule has 1 amide bonds. The van der Waals surface area contributed by atoms with Crippen molar-refractivity contribution in [1.29, 1.82) is 0 Å². The Kier molecular flexibility index (Phi) is 10.3. The van der Waals surface area contributed by atoms with E-state index in [0.717, 1.165) is 31.9 Å². The molecule has 1 atom stereocenters. The number of nitrogens with one attached hydrogen (secondary N) is 1. The molecule has 0 aromatic heterocycles. The number of hydrogen-bond donors (Lipinski definition) is 2. The molecule has 1 rings (SSSR count). The zero-order chi connectivity index (χ0) is 18.4. The summed E-state index contributed by atoms with van der Waals surface area (Å²) in [6.45, 7) is 6.41. The first-order valence-electron chi connectivity index (χ1n) is 8.44. The average Bonchev–Trinajstić information content (AvgIpc) is 2.45.